The number of ether oxygens (including phenoxy) is 1. The van der Waals surface area contributed by atoms with Crippen molar-refractivity contribution in [3.8, 4) is 11.5 Å². The van der Waals surface area contributed by atoms with Gasteiger partial charge in [0.15, 0.2) is 5.75 Å². The van der Waals surface area contributed by atoms with Crippen LogP contribution in [0.25, 0.3) is 0 Å². The van der Waals surface area contributed by atoms with Gasteiger partial charge >= 0.3 is 0 Å². The number of rotatable bonds is 5. The molecule has 2 rings (SSSR count). The van der Waals surface area contributed by atoms with E-state index in [1.165, 1.54) is 6.92 Å². The first-order chi connectivity index (χ1) is 10.4. The molecule has 2 aromatic carbocycles. The van der Waals surface area contributed by atoms with Gasteiger partial charge in [0.2, 0.25) is 0 Å². The zero-order valence-electron chi connectivity index (χ0n) is 11.8. The summed E-state index contributed by atoms with van der Waals surface area (Å²) in [6, 6.07) is 11.5. The third-order valence-electron chi connectivity index (χ3n) is 3.05. The SMILES string of the molecule is CC(=O)C(N)Cc1cc(I)c(Oc2cccc(I)c2)c(I)c1. The summed E-state index contributed by atoms with van der Waals surface area (Å²) in [5.74, 6) is 1.66. The molecule has 0 aliphatic carbocycles. The minimum Gasteiger partial charge on any atom is -0.455 e. The fourth-order valence-electron chi connectivity index (χ4n) is 1.87. The van der Waals surface area contributed by atoms with Crippen LogP contribution < -0.4 is 10.5 Å². The molecule has 22 heavy (non-hydrogen) atoms. The molecule has 0 heterocycles. The zero-order valence-corrected chi connectivity index (χ0v) is 18.2. The second-order valence-corrected chi connectivity index (χ2v) is 8.44. The first-order valence-electron chi connectivity index (χ1n) is 6.54. The molecule has 2 N–H and O–H groups in total. The minimum atomic E-state index is -0.450. The molecular formula is C16H14I3NO2. The second-order valence-electron chi connectivity index (χ2n) is 4.87. The highest BCUT2D eigenvalue weighted by Crippen LogP contribution is 2.33. The van der Waals surface area contributed by atoms with E-state index >= 15 is 0 Å². The number of carbonyl (C=O) groups is 1. The van der Waals surface area contributed by atoms with Gasteiger partial charge in [0, 0.05) is 3.57 Å². The van der Waals surface area contributed by atoms with Crippen LogP contribution in [0, 0.1) is 10.7 Å². The average molecular weight is 633 g/mol. The summed E-state index contributed by atoms with van der Waals surface area (Å²) < 4.78 is 9.16. The third kappa shape index (κ3) is 5.03. The van der Waals surface area contributed by atoms with Crippen LogP contribution in [0.2, 0.25) is 0 Å². The van der Waals surface area contributed by atoms with Crippen LogP contribution in [-0.2, 0) is 11.2 Å². The minimum absolute atomic E-state index is 0.00389. The highest BCUT2D eigenvalue weighted by atomic mass is 127. The van der Waals surface area contributed by atoms with Gasteiger partial charge in [0.05, 0.1) is 13.2 Å². The number of hydrogen-bond acceptors (Lipinski definition) is 3. The number of benzene rings is 2. The van der Waals surface area contributed by atoms with Crippen molar-refractivity contribution in [3.63, 3.8) is 0 Å². The maximum absolute atomic E-state index is 11.3. The van der Waals surface area contributed by atoms with Crippen molar-refractivity contribution < 1.29 is 9.53 Å². The molecule has 116 valence electrons. The number of hydrogen-bond donors (Lipinski definition) is 1. The smallest absolute Gasteiger partial charge is 0.154 e. The van der Waals surface area contributed by atoms with Gasteiger partial charge in [-0.2, -0.15) is 0 Å². The van der Waals surface area contributed by atoms with Crippen LogP contribution >= 0.6 is 67.8 Å². The molecule has 0 amide bonds. The normalized spacial score (nSPS) is 12.0. The van der Waals surface area contributed by atoms with Crippen molar-refractivity contribution >= 4 is 73.6 Å². The van der Waals surface area contributed by atoms with Gasteiger partial charge < -0.3 is 10.5 Å². The number of ketones is 1. The third-order valence-corrected chi connectivity index (χ3v) is 5.33. The molecule has 0 bridgehead atoms. The second kappa shape index (κ2) is 8.25. The van der Waals surface area contributed by atoms with Crippen molar-refractivity contribution in [1.82, 2.24) is 0 Å². The fourth-order valence-corrected chi connectivity index (χ4v) is 4.51. The highest BCUT2D eigenvalue weighted by Gasteiger charge is 2.14. The molecule has 0 fully saturated rings. The van der Waals surface area contributed by atoms with Crippen molar-refractivity contribution in [2.75, 3.05) is 0 Å². The van der Waals surface area contributed by atoms with Crippen LogP contribution in [-0.4, -0.2) is 11.8 Å². The molecular weight excluding hydrogens is 619 g/mol. The van der Waals surface area contributed by atoms with Crippen LogP contribution in [0.1, 0.15) is 12.5 Å². The molecule has 3 nitrogen and oxygen atoms in total. The van der Waals surface area contributed by atoms with E-state index in [1.54, 1.807) is 0 Å². The Labute approximate surface area is 170 Å². The Balaban J connectivity index is 2.25. The van der Waals surface area contributed by atoms with E-state index in [2.05, 4.69) is 67.8 Å². The average Bonchev–Trinajstić information content (AvgIpc) is 2.43. The Morgan fingerprint density at radius 3 is 2.36 bits per heavy atom. The molecule has 0 aliphatic rings. The number of nitrogens with two attached hydrogens (primary N) is 1. The van der Waals surface area contributed by atoms with Gasteiger partial charge in [0.25, 0.3) is 0 Å². The molecule has 1 unspecified atom stereocenters. The highest BCUT2D eigenvalue weighted by molar-refractivity contribution is 14.1. The summed E-state index contributed by atoms with van der Waals surface area (Å²) in [6.45, 7) is 1.52. The van der Waals surface area contributed by atoms with Crippen molar-refractivity contribution in [2.24, 2.45) is 5.73 Å². The van der Waals surface area contributed by atoms with Crippen LogP contribution in [0.5, 0.6) is 11.5 Å². The Kier molecular flexibility index (Phi) is 6.90. The molecule has 0 aromatic heterocycles. The zero-order chi connectivity index (χ0) is 16.3. The van der Waals surface area contributed by atoms with Crippen molar-refractivity contribution in [3.05, 3.63) is 52.7 Å². The molecule has 0 saturated heterocycles. The first kappa shape index (κ1) is 18.4. The number of Topliss-reactive ketones (excluding diaryl/α,β-unsaturated/α-hetero) is 1. The largest absolute Gasteiger partial charge is 0.455 e. The van der Waals surface area contributed by atoms with Crippen LogP contribution in [0.3, 0.4) is 0 Å². The molecule has 0 spiro atoms. The topological polar surface area (TPSA) is 52.3 Å². The summed E-state index contributed by atoms with van der Waals surface area (Å²) in [4.78, 5) is 11.3. The van der Waals surface area contributed by atoms with Gasteiger partial charge in [-0.05, 0) is 117 Å². The summed E-state index contributed by atoms with van der Waals surface area (Å²) >= 11 is 6.77. The van der Waals surface area contributed by atoms with Gasteiger partial charge in [-0.3, -0.25) is 4.79 Å². The maximum atomic E-state index is 11.3. The lowest BCUT2D eigenvalue weighted by molar-refractivity contribution is -0.118. The van der Waals surface area contributed by atoms with E-state index in [4.69, 9.17) is 10.5 Å². The Hall–Kier alpha value is 0.0600. The Morgan fingerprint density at radius 2 is 1.82 bits per heavy atom. The molecule has 0 aliphatic heterocycles. The molecule has 6 heteroatoms. The summed E-state index contributed by atoms with van der Waals surface area (Å²) in [7, 11) is 0. The van der Waals surface area contributed by atoms with E-state index in [1.807, 2.05) is 36.4 Å². The number of halogens is 3. The lowest BCUT2D eigenvalue weighted by Gasteiger charge is -2.14. The molecule has 0 radical (unpaired) electrons. The molecule has 2 aromatic rings. The van der Waals surface area contributed by atoms with Crippen molar-refractivity contribution in [1.29, 1.82) is 0 Å². The van der Waals surface area contributed by atoms with Crippen LogP contribution in [0.4, 0.5) is 0 Å². The lowest BCUT2D eigenvalue weighted by Crippen LogP contribution is -2.30. The van der Waals surface area contributed by atoms with E-state index < -0.39 is 6.04 Å². The van der Waals surface area contributed by atoms with Gasteiger partial charge in [0.1, 0.15) is 11.5 Å². The van der Waals surface area contributed by atoms with Crippen molar-refractivity contribution in [2.45, 2.75) is 19.4 Å². The van der Waals surface area contributed by atoms with Gasteiger partial charge in [-0.15, -0.1) is 0 Å². The summed E-state index contributed by atoms with van der Waals surface area (Å²) in [6.07, 6.45) is 0.546. The first-order valence-corrected chi connectivity index (χ1v) is 9.78. The van der Waals surface area contributed by atoms with Gasteiger partial charge in [-0.1, -0.05) is 6.07 Å². The number of carbonyl (C=O) groups excluding carboxylic acids is 1. The van der Waals surface area contributed by atoms with Crippen LogP contribution in [0.15, 0.2) is 36.4 Å². The predicted molar refractivity (Wildman–Crippen MR) is 113 cm³/mol. The molecule has 0 saturated carbocycles. The van der Waals surface area contributed by atoms with E-state index in [0.717, 1.165) is 27.8 Å². The molecule has 1 atom stereocenters. The van der Waals surface area contributed by atoms with E-state index in [-0.39, 0.29) is 5.78 Å². The standard InChI is InChI=1S/C16H14I3NO2/c1-9(21)15(20)7-10-5-13(18)16(14(19)6-10)22-12-4-2-3-11(17)8-12/h2-6,8,15H,7,20H2,1H3. The fraction of sp³-hybridized carbons (Fsp3) is 0.188. The Morgan fingerprint density at radius 1 is 1.18 bits per heavy atom. The quantitative estimate of drug-likeness (QED) is 0.485. The Bertz CT molecular complexity index is 681. The monoisotopic (exact) mass is 633 g/mol. The summed E-state index contributed by atoms with van der Waals surface area (Å²) in [5, 5.41) is 0. The summed E-state index contributed by atoms with van der Waals surface area (Å²) in [5.41, 5.74) is 6.89. The van der Waals surface area contributed by atoms with Gasteiger partial charge in [-0.25, -0.2) is 0 Å². The lowest BCUT2D eigenvalue weighted by atomic mass is 10.0. The predicted octanol–water partition coefficient (Wildman–Crippen LogP) is 4.75. The van der Waals surface area contributed by atoms with E-state index in [0.29, 0.717) is 6.42 Å². The maximum Gasteiger partial charge on any atom is 0.154 e. The van der Waals surface area contributed by atoms with E-state index in [9.17, 15) is 4.79 Å².